The third-order valence-corrected chi connectivity index (χ3v) is 4.82. The van der Waals surface area contributed by atoms with E-state index < -0.39 is 0 Å². The van der Waals surface area contributed by atoms with Crippen LogP contribution < -0.4 is 10.1 Å². The SMILES string of the molecule is CCCOc1ccc(C(=O)Nc2nc(-c3ccc(C)cc3)c(C)s2)cc1. The van der Waals surface area contributed by atoms with Crippen LogP contribution in [0.25, 0.3) is 11.3 Å². The maximum Gasteiger partial charge on any atom is 0.257 e. The van der Waals surface area contributed by atoms with Gasteiger partial charge in [-0.3, -0.25) is 10.1 Å². The second-order valence-corrected chi connectivity index (χ2v) is 7.32. The number of hydrogen-bond donors (Lipinski definition) is 1. The molecular formula is C21H22N2O2S. The van der Waals surface area contributed by atoms with Crippen LogP contribution >= 0.6 is 11.3 Å². The summed E-state index contributed by atoms with van der Waals surface area (Å²) in [5.74, 6) is 0.603. The lowest BCUT2D eigenvalue weighted by molar-refractivity contribution is 0.102. The number of thiazole rings is 1. The minimum Gasteiger partial charge on any atom is -0.494 e. The van der Waals surface area contributed by atoms with Crippen molar-refractivity contribution in [2.75, 3.05) is 11.9 Å². The summed E-state index contributed by atoms with van der Waals surface area (Å²) in [4.78, 5) is 18.1. The van der Waals surface area contributed by atoms with Gasteiger partial charge in [-0.1, -0.05) is 36.8 Å². The Bertz CT molecular complexity index is 883. The zero-order valence-electron chi connectivity index (χ0n) is 15.2. The van der Waals surface area contributed by atoms with E-state index in [1.54, 1.807) is 12.1 Å². The van der Waals surface area contributed by atoms with Crippen molar-refractivity contribution in [3.63, 3.8) is 0 Å². The monoisotopic (exact) mass is 366 g/mol. The fourth-order valence-corrected chi connectivity index (χ4v) is 3.35. The molecule has 1 amide bonds. The Balaban J connectivity index is 1.71. The molecule has 0 aliphatic rings. The van der Waals surface area contributed by atoms with Crippen molar-refractivity contribution in [3.8, 4) is 17.0 Å². The lowest BCUT2D eigenvalue weighted by Crippen LogP contribution is -2.11. The second-order valence-electron chi connectivity index (χ2n) is 6.12. The number of ether oxygens (including phenoxy) is 1. The molecule has 3 rings (SSSR count). The van der Waals surface area contributed by atoms with E-state index in [-0.39, 0.29) is 5.91 Å². The molecule has 0 aliphatic carbocycles. The van der Waals surface area contributed by atoms with Crippen molar-refractivity contribution < 1.29 is 9.53 Å². The first kappa shape index (κ1) is 18.1. The van der Waals surface area contributed by atoms with E-state index in [9.17, 15) is 4.79 Å². The molecule has 0 unspecified atom stereocenters. The molecule has 0 bridgehead atoms. The molecule has 0 radical (unpaired) electrons. The molecule has 1 heterocycles. The molecular weight excluding hydrogens is 344 g/mol. The minimum atomic E-state index is -0.170. The maximum atomic E-state index is 12.5. The average molecular weight is 366 g/mol. The Hall–Kier alpha value is -2.66. The number of amides is 1. The van der Waals surface area contributed by atoms with Crippen LogP contribution in [-0.2, 0) is 0 Å². The summed E-state index contributed by atoms with van der Waals surface area (Å²) in [7, 11) is 0. The van der Waals surface area contributed by atoms with Gasteiger partial charge in [0.05, 0.1) is 12.3 Å². The van der Waals surface area contributed by atoms with Crippen LogP contribution in [0.5, 0.6) is 5.75 Å². The predicted octanol–water partition coefficient (Wildman–Crippen LogP) is 5.47. The second kappa shape index (κ2) is 8.15. The van der Waals surface area contributed by atoms with Crippen molar-refractivity contribution in [2.24, 2.45) is 0 Å². The Morgan fingerprint density at radius 1 is 1.08 bits per heavy atom. The molecule has 4 nitrogen and oxygen atoms in total. The molecule has 0 saturated carbocycles. The topological polar surface area (TPSA) is 51.2 Å². The van der Waals surface area contributed by atoms with E-state index in [2.05, 4.69) is 48.4 Å². The lowest BCUT2D eigenvalue weighted by atomic mass is 10.1. The summed E-state index contributed by atoms with van der Waals surface area (Å²) in [5, 5.41) is 3.50. The quantitative estimate of drug-likeness (QED) is 0.629. The maximum absolute atomic E-state index is 12.5. The summed E-state index contributed by atoms with van der Waals surface area (Å²) >= 11 is 1.48. The van der Waals surface area contributed by atoms with E-state index in [1.807, 2.05) is 19.1 Å². The highest BCUT2D eigenvalue weighted by molar-refractivity contribution is 7.16. The molecule has 1 aromatic heterocycles. The van der Waals surface area contributed by atoms with Crippen molar-refractivity contribution in [1.29, 1.82) is 0 Å². The van der Waals surface area contributed by atoms with Gasteiger partial charge in [0.25, 0.3) is 5.91 Å². The van der Waals surface area contributed by atoms with Crippen LogP contribution in [0.2, 0.25) is 0 Å². The summed E-state index contributed by atoms with van der Waals surface area (Å²) in [5.41, 5.74) is 3.76. The van der Waals surface area contributed by atoms with Gasteiger partial charge in [-0.15, -0.1) is 11.3 Å². The standard InChI is InChI=1S/C21H22N2O2S/c1-4-13-25-18-11-9-17(10-12-18)20(24)23-21-22-19(15(3)26-21)16-7-5-14(2)6-8-16/h5-12H,4,13H2,1-3H3,(H,22,23,24). The summed E-state index contributed by atoms with van der Waals surface area (Å²) in [6.07, 6.45) is 0.953. The predicted molar refractivity (Wildman–Crippen MR) is 107 cm³/mol. The highest BCUT2D eigenvalue weighted by atomic mass is 32.1. The third kappa shape index (κ3) is 4.29. The molecule has 3 aromatic rings. The van der Waals surface area contributed by atoms with Crippen LogP contribution in [0.15, 0.2) is 48.5 Å². The van der Waals surface area contributed by atoms with Crippen molar-refractivity contribution in [2.45, 2.75) is 27.2 Å². The molecule has 1 N–H and O–H groups in total. The molecule has 0 fully saturated rings. The highest BCUT2D eigenvalue weighted by Crippen LogP contribution is 2.30. The number of aromatic nitrogens is 1. The van der Waals surface area contributed by atoms with Crippen LogP contribution in [0, 0.1) is 13.8 Å². The fraction of sp³-hybridized carbons (Fsp3) is 0.238. The van der Waals surface area contributed by atoms with E-state index >= 15 is 0 Å². The Labute approximate surface area is 157 Å². The number of nitrogens with zero attached hydrogens (tertiary/aromatic N) is 1. The third-order valence-electron chi connectivity index (χ3n) is 3.93. The molecule has 0 atom stereocenters. The zero-order chi connectivity index (χ0) is 18.5. The van der Waals surface area contributed by atoms with Crippen molar-refractivity contribution in [3.05, 3.63) is 64.5 Å². The van der Waals surface area contributed by atoms with Gasteiger partial charge in [0.2, 0.25) is 0 Å². The Kier molecular flexibility index (Phi) is 5.68. The number of rotatable bonds is 6. The number of hydrogen-bond acceptors (Lipinski definition) is 4. The van der Waals surface area contributed by atoms with E-state index in [4.69, 9.17) is 4.74 Å². The Morgan fingerprint density at radius 3 is 2.42 bits per heavy atom. The largest absolute Gasteiger partial charge is 0.494 e. The number of anilines is 1. The van der Waals surface area contributed by atoms with Gasteiger partial charge >= 0.3 is 0 Å². The van der Waals surface area contributed by atoms with Crippen molar-refractivity contribution >= 4 is 22.4 Å². The summed E-state index contributed by atoms with van der Waals surface area (Å²) < 4.78 is 5.54. The van der Waals surface area contributed by atoms with Gasteiger partial charge in [-0.05, 0) is 44.5 Å². The van der Waals surface area contributed by atoms with Crippen molar-refractivity contribution in [1.82, 2.24) is 4.98 Å². The highest BCUT2D eigenvalue weighted by Gasteiger charge is 2.13. The molecule has 0 spiro atoms. The lowest BCUT2D eigenvalue weighted by Gasteiger charge is -2.05. The van der Waals surface area contributed by atoms with Crippen LogP contribution in [0.1, 0.15) is 34.1 Å². The smallest absolute Gasteiger partial charge is 0.257 e. The number of benzene rings is 2. The van der Waals surface area contributed by atoms with E-state index in [1.165, 1.54) is 16.9 Å². The number of aryl methyl sites for hydroxylation is 2. The molecule has 26 heavy (non-hydrogen) atoms. The Morgan fingerprint density at radius 2 is 1.77 bits per heavy atom. The van der Waals surface area contributed by atoms with Crippen LogP contribution in [0.4, 0.5) is 5.13 Å². The molecule has 2 aromatic carbocycles. The first-order chi connectivity index (χ1) is 12.6. The normalized spacial score (nSPS) is 10.6. The number of carbonyl (C=O) groups is 1. The average Bonchev–Trinajstić information content (AvgIpc) is 3.01. The first-order valence-electron chi connectivity index (χ1n) is 8.65. The first-order valence-corrected chi connectivity index (χ1v) is 9.47. The van der Waals surface area contributed by atoms with Gasteiger partial charge < -0.3 is 4.74 Å². The van der Waals surface area contributed by atoms with Gasteiger partial charge in [-0.25, -0.2) is 4.98 Å². The van der Waals surface area contributed by atoms with Crippen LogP contribution in [0.3, 0.4) is 0 Å². The summed E-state index contributed by atoms with van der Waals surface area (Å²) in [6.45, 7) is 6.80. The minimum absolute atomic E-state index is 0.170. The summed E-state index contributed by atoms with van der Waals surface area (Å²) in [6, 6.07) is 15.4. The van der Waals surface area contributed by atoms with Gasteiger partial charge in [0.15, 0.2) is 5.13 Å². The number of carbonyl (C=O) groups excluding carboxylic acids is 1. The molecule has 0 saturated heterocycles. The van der Waals surface area contributed by atoms with Gasteiger partial charge in [0, 0.05) is 16.0 Å². The van der Waals surface area contributed by atoms with Gasteiger partial charge in [0.1, 0.15) is 5.75 Å². The molecule has 134 valence electrons. The fourth-order valence-electron chi connectivity index (χ4n) is 2.52. The van der Waals surface area contributed by atoms with E-state index in [0.29, 0.717) is 17.3 Å². The molecule has 0 aliphatic heterocycles. The van der Waals surface area contributed by atoms with Crippen LogP contribution in [-0.4, -0.2) is 17.5 Å². The zero-order valence-corrected chi connectivity index (χ0v) is 16.0. The van der Waals surface area contributed by atoms with E-state index in [0.717, 1.165) is 28.3 Å². The molecule has 5 heteroatoms. The van der Waals surface area contributed by atoms with Gasteiger partial charge in [-0.2, -0.15) is 0 Å². The number of nitrogens with one attached hydrogen (secondary N) is 1.